The highest BCUT2D eigenvalue weighted by Gasteiger charge is 2.11. The van der Waals surface area contributed by atoms with Crippen molar-refractivity contribution >= 4 is 15.9 Å². The summed E-state index contributed by atoms with van der Waals surface area (Å²) < 4.78 is 11.8. The van der Waals surface area contributed by atoms with Crippen LogP contribution in [0.25, 0.3) is 0 Å². The Bertz CT molecular complexity index is 588. The summed E-state index contributed by atoms with van der Waals surface area (Å²) in [6, 6.07) is 11.1. The maximum atomic E-state index is 9.44. The molecule has 2 aromatic rings. The first-order valence-electron chi connectivity index (χ1n) is 6.46. The van der Waals surface area contributed by atoms with E-state index in [2.05, 4.69) is 15.9 Å². The largest absolute Gasteiger partial charge is 0.497 e. The Morgan fingerprint density at radius 2 is 1.71 bits per heavy atom. The molecule has 5 heteroatoms. The highest BCUT2D eigenvalue weighted by Crippen LogP contribution is 2.30. The van der Waals surface area contributed by atoms with Gasteiger partial charge in [-0.25, -0.2) is 0 Å². The molecule has 0 aliphatic carbocycles. The van der Waals surface area contributed by atoms with E-state index in [1.54, 1.807) is 19.2 Å². The molecular weight excluding hydrogens is 336 g/mol. The third-order valence-electron chi connectivity index (χ3n) is 3.07. The zero-order chi connectivity index (χ0) is 15.2. The normalized spacial score (nSPS) is 10.5. The van der Waals surface area contributed by atoms with Crippen molar-refractivity contribution < 1.29 is 19.7 Å². The van der Waals surface area contributed by atoms with E-state index >= 15 is 0 Å². The Kier molecular flexibility index (Phi) is 5.61. The standard InChI is InChI=1S/C16H17BrO4/c1-20-15-4-2-3-11(5-15)10-21-16-12(8-18)6-14(17)7-13(16)9-19/h2-7,18-19H,8-10H2,1H3. The summed E-state index contributed by atoms with van der Waals surface area (Å²) in [5.41, 5.74) is 2.22. The highest BCUT2D eigenvalue weighted by atomic mass is 79.9. The minimum Gasteiger partial charge on any atom is -0.497 e. The van der Waals surface area contributed by atoms with E-state index in [9.17, 15) is 10.2 Å². The van der Waals surface area contributed by atoms with Gasteiger partial charge in [-0.05, 0) is 29.8 Å². The lowest BCUT2D eigenvalue weighted by Crippen LogP contribution is -2.03. The number of aliphatic hydroxyl groups excluding tert-OH is 2. The van der Waals surface area contributed by atoms with Gasteiger partial charge in [0.1, 0.15) is 18.1 Å². The van der Waals surface area contributed by atoms with Gasteiger partial charge >= 0.3 is 0 Å². The van der Waals surface area contributed by atoms with E-state index in [1.807, 2.05) is 24.3 Å². The lowest BCUT2D eigenvalue weighted by atomic mass is 10.1. The van der Waals surface area contributed by atoms with Crippen LogP contribution in [0.2, 0.25) is 0 Å². The van der Waals surface area contributed by atoms with Gasteiger partial charge in [-0.1, -0.05) is 28.1 Å². The van der Waals surface area contributed by atoms with Crippen LogP contribution < -0.4 is 9.47 Å². The van der Waals surface area contributed by atoms with Gasteiger partial charge in [-0.3, -0.25) is 0 Å². The van der Waals surface area contributed by atoms with Crippen LogP contribution in [0.1, 0.15) is 16.7 Å². The summed E-state index contributed by atoms with van der Waals surface area (Å²) >= 11 is 3.35. The summed E-state index contributed by atoms with van der Waals surface area (Å²) in [4.78, 5) is 0. The fourth-order valence-corrected chi connectivity index (χ4v) is 2.60. The first-order valence-corrected chi connectivity index (χ1v) is 7.26. The lowest BCUT2D eigenvalue weighted by molar-refractivity contribution is 0.242. The van der Waals surface area contributed by atoms with Crippen molar-refractivity contribution in [3.05, 3.63) is 57.6 Å². The minimum atomic E-state index is -0.153. The molecule has 0 radical (unpaired) electrons. The molecule has 0 heterocycles. The van der Waals surface area contributed by atoms with Crippen LogP contribution in [0.15, 0.2) is 40.9 Å². The van der Waals surface area contributed by atoms with E-state index in [0.717, 1.165) is 15.8 Å². The smallest absolute Gasteiger partial charge is 0.130 e. The second-order valence-electron chi connectivity index (χ2n) is 4.51. The second kappa shape index (κ2) is 7.45. The SMILES string of the molecule is COc1cccc(COc2c(CO)cc(Br)cc2CO)c1. The molecule has 2 rings (SSSR count). The van der Waals surface area contributed by atoms with Crippen LogP contribution in [-0.4, -0.2) is 17.3 Å². The Labute approximate surface area is 132 Å². The zero-order valence-corrected chi connectivity index (χ0v) is 13.3. The average molecular weight is 353 g/mol. The van der Waals surface area contributed by atoms with Crippen molar-refractivity contribution in [2.45, 2.75) is 19.8 Å². The Hall–Kier alpha value is -1.56. The third-order valence-corrected chi connectivity index (χ3v) is 3.52. The molecule has 0 saturated carbocycles. The van der Waals surface area contributed by atoms with Crippen molar-refractivity contribution in [2.75, 3.05) is 7.11 Å². The van der Waals surface area contributed by atoms with Crippen molar-refractivity contribution in [3.8, 4) is 11.5 Å². The van der Waals surface area contributed by atoms with Crippen LogP contribution in [-0.2, 0) is 19.8 Å². The monoisotopic (exact) mass is 352 g/mol. The number of hydrogen-bond acceptors (Lipinski definition) is 4. The lowest BCUT2D eigenvalue weighted by Gasteiger charge is -2.15. The molecule has 0 fully saturated rings. The first-order chi connectivity index (χ1) is 10.2. The molecule has 0 aliphatic heterocycles. The first kappa shape index (κ1) is 15.8. The van der Waals surface area contributed by atoms with Crippen molar-refractivity contribution in [2.24, 2.45) is 0 Å². The van der Waals surface area contributed by atoms with Crippen LogP contribution in [0, 0.1) is 0 Å². The van der Waals surface area contributed by atoms with E-state index in [0.29, 0.717) is 23.5 Å². The Morgan fingerprint density at radius 3 is 2.29 bits per heavy atom. The van der Waals surface area contributed by atoms with Crippen molar-refractivity contribution in [1.29, 1.82) is 0 Å². The van der Waals surface area contributed by atoms with Gasteiger partial charge in [0.25, 0.3) is 0 Å². The third kappa shape index (κ3) is 3.97. The number of ether oxygens (including phenoxy) is 2. The molecule has 2 aromatic carbocycles. The van der Waals surface area contributed by atoms with Gasteiger partial charge in [-0.2, -0.15) is 0 Å². The van der Waals surface area contributed by atoms with E-state index in [-0.39, 0.29) is 13.2 Å². The topological polar surface area (TPSA) is 58.9 Å². The number of methoxy groups -OCH3 is 1. The molecule has 2 N–H and O–H groups in total. The number of aliphatic hydroxyl groups is 2. The fourth-order valence-electron chi connectivity index (χ4n) is 2.05. The number of benzene rings is 2. The Morgan fingerprint density at radius 1 is 1.05 bits per heavy atom. The predicted molar refractivity (Wildman–Crippen MR) is 83.3 cm³/mol. The molecule has 4 nitrogen and oxygen atoms in total. The quantitative estimate of drug-likeness (QED) is 0.838. The summed E-state index contributed by atoms with van der Waals surface area (Å²) in [7, 11) is 1.61. The van der Waals surface area contributed by atoms with Crippen LogP contribution in [0.3, 0.4) is 0 Å². The summed E-state index contributed by atoms with van der Waals surface area (Å²) in [6.07, 6.45) is 0. The van der Waals surface area contributed by atoms with Crippen molar-refractivity contribution in [1.82, 2.24) is 0 Å². The van der Waals surface area contributed by atoms with Crippen molar-refractivity contribution in [3.63, 3.8) is 0 Å². The molecule has 0 spiro atoms. The molecule has 0 atom stereocenters. The van der Waals surface area contributed by atoms with Gasteiger partial charge in [0.05, 0.1) is 20.3 Å². The van der Waals surface area contributed by atoms with Gasteiger partial charge in [0.2, 0.25) is 0 Å². The van der Waals surface area contributed by atoms with Crippen LogP contribution >= 0.6 is 15.9 Å². The van der Waals surface area contributed by atoms with Gasteiger partial charge < -0.3 is 19.7 Å². The summed E-state index contributed by atoms with van der Waals surface area (Å²) in [5, 5.41) is 18.9. The highest BCUT2D eigenvalue weighted by molar-refractivity contribution is 9.10. The molecular formula is C16H17BrO4. The van der Waals surface area contributed by atoms with Gasteiger partial charge in [0.15, 0.2) is 0 Å². The predicted octanol–water partition coefficient (Wildman–Crippen LogP) is 3.02. The molecule has 0 unspecified atom stereocenters. The van der Waals surface area contributed by atoms with E-state index < -0.39 is 0 Å². The molecule has 21 heavy (non-hydrogen) atoms. The molecule has 0 aromatic heterocycles. The van der Waals surface area contributed by atoms with E-state index in [4.69, 9.17) is 9.47 Å². The fraction of sp³-hybridized carbons (Fsp3) is 0.250. The molecule has 112 valence electrons. The number of rotatable bonds is 6. The van der Waals surface area contributed by atoms with Gasteiger partial charge in [0, 0.05) is 15.6 Å². The minimum absolute atomic E-state index is 0.153. The van der Waals surface area contributed by atoms with Crippen LogP contribution in [0.5, 0.6) is 11.5 Å². The summed E-state index contributed by atoms with van der Waals surface area (Å²) in [6.45, 7) is 0.0264. The molecule has 0 saturated heterocycles. The maximum Gasteiger partial charge on any atom is 0.130 e. The Balaban J connectivity index is 2.22. The number of halogens is 1. The van der Waals surface area contributed by atoms with Gasteiger partial charge in [-0.15, -0.1) is 0 Å². The average Bonchev–Trinajstić information content (AvgIpc) is 2.52. The number of hydrogen-bond donors (Lipinski definition) is 2. The maximum absolute atomic E-state index is 9.44. The van der Waals surface area contributed by atoms with E-state index in [1.165, 1.54) is 0 Å². The van der Waals surface area contributed by atoms with Crippen LogP contribution in [0.4, 0.5) is 0 Å². The summed E-state index contributed by atoms with van der Waals surface area (Å²) in [5.74, 6) is 1.28. The molecule has 0 bridgehead atoms. The second-order valence-corrected chi connectivity index (χ2v) is 5.43. The zero-order valence-electron chi connectivity index (χ0n) is 11.7. The molecule has 0 amide bonds. The molecule has 0 aliphatic rings.